The predicted octanol–water partition coefficient (Wildman–Crippen LogP) is -2.64. The summed E-state index contributed by atoms with van der Waals surface area (Å²) in [5, 5.41) is 10.1. The number of halogens is 3. The summed E-state index contributed by atoms with van der Waals surface area (Å²) in [7, 11) is 0. The number of carbonyl (C=O) groups excluding carboxylic acids is 1. The zero-order valence-electron chi connectivity index (χ0n) is 7.14. The number of hydrogen-bond donors (Lipinski definition) is 0. The van der Waals surface area contributed by atoms with E-state index in [4.69, 9.17) is 0 Å². The summed E-state index contributed by atoms with van der Waals surface area (Å²) in [4.78, 5) is 10.3. The summed E-state index contributed by atoms with van der Waals surface area (Å²) in [5.74, 6) is -3.49. The number of ether oxygens (including phenoxy) is 1. The standard InChI is InChI=1S/C6H7F3O3.Li/c1-2-12-5(11)3-4(10)6(7,8)9;/h3,10H,2H2,1H3;/q;+1/p-1. The van der Waals surface area contributed by atoms with Gasteiger partial charge in [-0.15, -0.1) is 0 Å². The molecule has 0 bridgehead atoms. The van der Waals surface area contributed by atoms with Crippen LogP contribution < -0.4 is 24.0 Å². The van der Waals surface area contributed by atoms with Crippen LogP contribution in [0.1, 0.15) is 6.92 Å². The maximum atomic E-state index is 11.5. The van der Waals surface area contributed by atoms with Gasteiger partial charge in [0.25, 0.3) is 0 Å². The van der Waals surface area contributed by atoms with E-state index >= 15 is 0 Å². The van der Waals surface area contributed by atoms with Gasteiger partial charge in [0.1, 0.15) is 0 Å². The zero-order valence-corrected chi connectivity index (χ0v) is 7.14. The van der Waals surface area contributed by atoms with Crippen molar-refractivity contribution in [3.63, 3.8) is 0 Å². The fraction of sp³-hybridized carbons (Fsp3) is 0.500. The Hall–Kier alpha value is -0.603. The van der Waals surface area contributed by atoms with E-state index in [1.165, 1.54) is 6.92 Å². The van der Waals surface area contributed by atoms with Crippen molar-refractivity contribution in [1.82, 2.24) is 0 Å². The Kier molecular flexibility index (Phi) is 6.81. The van der Waals surface area contributed by atoms with Crippen LogP contribution in [-0.4, -0.2) is 18.8 Å². The maximum absolute atomic E-state index is 11.5. The second kappa shape index (κ2) is 5.94. The minimum atomic E-state index is -5.01. The van der Waals surface area contributed by atoms with E-state index < -0.39 is 17.9 Å². The van der Waals surface area contributed by atoms with Crippen molar-refractivity contribution >= 4 is 5.97 Å². The monoisotopic (exact) mass is 190 g/mol. The molecule has 0 aliphatic rings. The molecule has 70 valence electrons. The predicted molar refractivity (Wildman–Crippen MR) is 30.8 cm³/mol. The Morgan fingerprint density at radius 1 is 1.54 bits per heavy atom. The first-order chi connectivity index (χ1) is 5.38. The number of rotatable bonds is 2. The summed E-state index contributed by atoms with van der Waals surface area (Å²) in [6.07, 6.45) is -5.13. The smallest absolute Gasteiger partial charge is 0.869 e. The quantitative estimate of drug-likeness (QED) is 0.207. The topological polar surface area (TPSA) is 49.4 Å². The number of esters is 1. The van der Waals surface area contributed by atoms with Crippen LogP contribution in [0.25, 0.3) is 0 Å². The largest absolute Gasteiger partial charge is 1.00 e. The molecule has 0 heterocycles. The molecule has 0 rings (SSSR count). The Labute approximate surface area is 84.7 Å². The summed E-state index contributed by atoms with van der Waals surface area (Å²) >= 11 is 0. The van der Waals surface area contributed by atoms with Crippen molar-refractivity contribution in [3.8, 4) is 0 Å². The molecule has 0 amide bonds. The minimum absolute atomic E-state index is 0. The molecule has 0 aromatic carbocycles. The molecule has 0 aromatic rings. The average molecular weight is 190 g/mol. The van der Waals surface area contributed by atoms with Crippen molar-refractivity contribution < 1.29 is 46.7 Å². The molecule has 0 aliphatic heterocycles. The van der Waals surface area contributed by atoms with Crippen molar-refractivity contribution in [2.45, 2.75) is 13.1 Å². The number of hydrogen-bond acceptors (Lipinski definition) is 3. The van der Waals surface area contributed by atoms with Crippen LogP contribution in [0.15, 0.2) is 11.8 Å². The SMILES string of the molecule is CCOC(=O)C=C([O-])C(F)(F)F.[Li+]. The first-order valence-electron chi connectivity index (χ1n) is 3.00. The number of allylic oxidation sites excluding steroid dienone is 1. The second-order valence-corrected chi connectivity index (χ2v) is 1.76. The van der Waals surface area contributed by atoms with Gasteiger partial charge in [-0.2, -0.15) is 13.2 Å². The molecule has 0 aromatic heterocycles. The van der Waals surface area contributed by atoms with Gasteiger partial charge in [-0.1, -0.05) is 0 Å². The van der Waals surface area contributed by atoms with Crippen LogP contribution in [0, 0.1) is 0 Å². The average Bonchev–Trinajstić information content (AvgIpc) is 1.85. The third kappa shape index (κ3) is 6.55. The minimum Gasteiger partial charge on any atom is -0.869 e. The fourth-order valence-electron chi connectivity index (χ4n) is 0.373. The van der Waals surface area contributed by atoms with Gasteiger partial charge in [0.15, 0.2) is 0 Å². The fourth-order valence-corrected chi connectivity index (χ4v) is 0.373. The van der Waals surface area contributed by atoms with Gasteiger partial charge in [0.05, 0.1) is 6.61 Å². The number of alkyl halides is 3. The molecule has 0 N–H and O–H groups in total. The summed E-state index contributed by atoms with van der Waals surface area (Å²) in [6, 6.07) is 0. The zero-order chi connectivity index (χ0) is 9.78. The molecule has 13 heavy (non-hydrogen) atoms. The van der Waals surface area contributed by atoms with Crippen LogP contribution in [0.3, 0.4) is 0 Å². The van der Waals surface area contributed by atoms with E-state index in [2.05, 4.69) is 4.74 Å². The van der Waals surface area contributed by atoms with Crippen LogP contribution in [0.5, 0.6) is 0 Å². The summed E-state index contributed by atoms with van der Waals surface area (Å²) in [5.41, 5.74) is 0. The van der Waals surface area contributed by atoms with Crippen LogP contribution >= 0.6 is 0 Å². The normalized spacial score (nSPS) is 11.8. The van der Waals surface area contributed by atoms with Gasteiger partial charge in [0.2, 0.25) is 0 Å². The maximum Gasteiger partial charge on any atom is 1.00 e. The van der Waals surface area contributed by atoms with Gasteiger partial charge < -0.3 is 9.84 Å². The molecular formula is C6H6F3LiO3. The summed E-state index contributed by atoms with van der Waals surface area (Å²) < 4.78 is 38.5. The Bertz CT molecular complexity index is 200. The second-order valence-electron chi connectivity index (χ2n) is 1.76. The molecule has 0 aliphatic carbocycles. The molecule has 3 nitrogen and oxygen atoms in total. The molecule has 0 spiro atoms. The van der Waals surface area contributed by atoms with Gasteiger partial charge in [-0.3, -0.25) is 0 Å². The Morgan fingerprint density at radius 3 is 2.31 bits per heavy atom. The van der Waals surface area contributed by atoms with Crippen molar-refractivity contribution in [3.05, 3.63) is 11.8 Å². The van der Waals surface area contributed by atoms with E-state index in [1.807, 2.05) is 0 Å². The van der Waals surface area contributed by atoms with Gasteiger partial charge in [0, 0.05) is 6.08 Å². The molecule has 0 radical (unpaired) electrons. The van der Waals surface area contributed by atoms with Crippen LogP contribution in [0.2, 0.25) is 0 Å². The van der Waals surface area contributed by atoms with Gasteiger partial charge in [-0.25, -0.2) is 4.79 Å². The van der Waals surface area contributed by atoms with E-state index in [0.29, 0.717) is 0 Å². The van der Waals surface area contributed by atoms with Crippen LogP contribution in [0.4, 0.5) is 13.2 Å². The molecule has 0 saturated heterocycles. The first-order valence-corrected chi connectivity index (χ1v) is 3.00. The van der Waals surface area contributed by atoms with Crippen molar-refractivity contribution in [2.24, 2.45) is 0 Å². The van der Waals surface area contributed by atoms with Crippen molar-refractivity contribution in [2.75, 3.05) is 6.61 Å². The van der Waals surface area contributed by atoms with Crippen LogP contribution in [-0.2, 0) is 9.53 Å². The Balaban J connectivity index is 0. The van der Waals surface area contributed by atoms with E-state index in [0.717, 1.165) is 0 Å². The summed E-state index contributed by atoms with van der Waals surface area (Å²) in [6.45, 7) is 1.35. The molecule has 7 heteroatoms. The first kappa shape index (κ1) is 14.9. The number of carbonyl (C=O) groups is 1. The molecule has 0 atom stereocenters. The third-order valence-electron chi connectivity index (χ3n) is 0.815. The van der Waals surface area contributed by atoms with E-state index in [9.17, 15) is 23.1 Å². The molecule has 0 saturated carbocycles. The molecular weight excluding hydrogens is 184 g/mol. The Morgan fingerprint density at radius 2 is 2.00 bits per heavy atom. The third-order valence-corrected chi connectivity index (χ3v) is 0.815. The van der Waals surface area contributed by atoms with E-state index in [-0.39, 0.29) is 31.5 Å². The van der Waals surface area contributed by atoms with E-state index in [1.54, 1.807) is 0 Å². The molecule has 0 unspecified atom stereocenters. The molecule has 0 fully saturated rings. The van der Waals surface area contributed by atoms with Gasteiger partial charge in [-0.05, 0) is 12.7 Å². The van der Waals surface area contributed by atoms with Gasteiger partial charge >= 0.3 is 31.0 Å². The van der Waals surface area contributed by atoms with Crippen molar-refractivity contribution in [1.29, 1.82) is 0 Å².